The van der Waals surface area contributed by atoms with Crippen LogP contribution < -0.4 is 10.6 Å². The highest BCUT2D eigenvalue weighted by atomic mass is 16.4. The maximum atomic E-state index is 11.8. The predicted octanol–water partition coefficient (Wildman–Crippen LogP) is 2.02. The maximum absolute atomic E-state index is 11.8. The first-order valence-corrected chi connectivity index (χ1v) is 6.87. The molecule has 0 aromatic heterocycles. The van der Waals surface area contributed by atoms with Crippen molar-refractivity contribution in [3.8, 4) is 0 Å². The van der Waals surface area contributed by atoms with E-state index in [2.05, 4.69) is 10.6 Å². The minimum atomic E-state index is -1.07. The Labute approximate surface area is 123 Å². The van der Waals surface area contributed by atoms with Gasteiger partial charge in [0, 0.05) is 19.9 Å². The van der Waals surface area contributed by atoms with Gasteiger partial charge in [0.2, 0.25) is 11.8 Å². The molecule has 0 radical (unpaired) electrons. The summed E-state index contributed by atoms with van der Waals surface area (Å²) in [6, 6.07) is 6.31. The number of carbonyl (C=O) groups excluding carboxylic acids is 2. The third kappa shape index (κ3) is 6.56. The van der Waals surface area contributed by atoms with Gasteiger partial charge >= 0.3 is 5.97 Å². The molecule has 6 nitrogen and oxygen atoms in total. The number of para-hydroxylation sites is 1. The Bertz CT molecular complexity index is 514. The highest BCUT2D eigenvalue weighted by molar-refractivity contribution is 6.00. The molecule has 0 aliphatic rings. The van der Waals surface area contributed by atoms with Crippen LogP contribution in [0.25, 0.3) is 0 Å². The van der Waals surface area contributed by atoms with Crippen molar-refractivity contribution in [2.24, 2.45) is 0 Å². The lowest BCUT2D eigenvalue weighted by molar-refractivity contribution is -0.119. The minimum absolute atomic E-state index is 0.0574. The van der Waals surface area contributed by atoms with E-state index in [-0.39, 0.29) is 17.4 Å². The van der Waals surface area contributed by atoms with E-state index in [0.717, 1.165) is 12.8 Å². The first kappa shape index (κ1) is 16.7. The second kappa shape index (κ2) is 8.73. The fraction of sp³-hybridized carbons (Fsp3) is 0.400. The minimum Gasteiger partial charge on any atom is -0.478 e. The molecule has 0 atom stereocenters. The molecule has 21 heavy (non-hydrogen) atoms. The molecule has 0 spiro atoms. The van der Waals surface area contributed by atoms with E-state index in [1.165, 1.54) is 13.0 Å². The van der Waals surface area contributed by atoms with E-state index >= 15 is 0 Å². The standard InChI is InChI=1S/C15H20N2O4/c1-11(18)16-10-6-2-3-9-14(19)17-13-8-5-4-7-12(13)15(20)21/h4-5,7-8H,2-3,6,9-10H2,1H3,(H,16,18)(H,17,19)(H,20,21). The van der Waals surface area contributed by atoms with E-state index in [1.54, 1.807) is 18.2 Å². The normalized spacial score (nSPS) is 9.95. The number of hydrogen-bond acceptors (Lipinski definition) is 3. The van der Waals surface area contributed by atoms with Crippen LogP contribution in [0.15, 0.2) is 24.3 Å². The second-order valence-corrected chi connectivity index (χ2v) is 4.69. The Kier molecular flexibility index (Phi) is 6.94. The Hall–Kier alpha value is -2.37. The number of rotatable bonds is 8. The van der Waals surface area contributed by atoms with Crippen LogP contribution >= 0.6 is 0 Å². The number of unbranched alkanes of at least 4 members (excludes halogenated alkanes) is 2. The molecule has 0 saturated carbocycles. The van der Waals surface area contributed by atoms with E-state index in [0.29, 0.717) is 25.1 Å². The van der Waals surface area contributed by atoms with Crippen LogP contribution in [0.1, 0.15) is 43.0 Å². The summed E-state index contributed by atoms with van der Waals surface area (Å²) in [6.45, 7) is 2.08. The van der Waals surface area contributed by atoms with Gasteiger partial charge in [-0.25, -0.2) is 4.79 Å². The average molecular weight is 292 g/mol. The molecule has 0 saturated heterocycles. The number of nitrogens with one attached hydrogen (secondary N) is 2. The molecule has 0 fully saturated rings. The number of benzene rings is 1. The van der Waals surface area contributed by atoms with Crippen molar-refractivity contribution in [1.29, 1.82) is 0 Å². The molecule has 0 bridgehead atoms. The second-order valence-electron chi connectivity index (χ2n) is 4.69. The van der Waals surface area contributed by atoms with Gasteiger partial charge in [0.05, 0.1) is 11.3 Å². The summed E-state index contributed by atoms with van der Waals surface area (Å²) in [6.07, 6.45) is 2.67. The van der Waals surface area contributed by atoms with Crippen LogP contribution in [0.3, 0.4) is 0 Å². The number of carboxylic acids is 1. The van der Waals surface area contributed by atoms with Crippen LogP contribution in [-0.2, 0) is 9.59 Å². The predicted molar refractivity (Wildman–Crippen MR) is 79.2 cm³/mol. The van der Waals surface area contributed by atoms with E-state index in [1.807, 2.05) is 0 Å². The molecule has 3 N–H and O–H groups in total. The van der Waals surface area contributed by atoms with Gasteiger partial charge in [-0.05, 0) is 25.0 Å². The maximum Gasteiger partial charge on any atom is 0.337 e. The molecule has 0 aliphatic heterocycles. The van der Waals surface area contributed by atoms with Crippen LogP contribution in [0.5, 0.6) is 0 Å². The molecule has 1 aromatic carbocycles. The quantitative estimate of drug-likeness (QED) is 0.639. The number of anilines is 1. The Morgan fingerprint density at radius 3 is 2.48 bits per heavy atom. The number of hydrogen-bond donors (Lipinski definition) is 3. The molecular formula is C15H20N2O4. The van der Waals surface area contributed by atoms with Crippen molar-refractivity contribution >= 4 is 23.5 Å². The zero-order valence-electron chi connectivity index (χ0n) is 12.0. The zero-order valence-corrected chi connectivity index (χ0v) is 12.0. The van der Waals surface area contributed by atoms with Gasteiger partial charge in [0.15, 0.2) is 0 Å². The molecule has 6 heteroatoms. The van der Waals surface area contributed by atoms with Crippen LogP contribution in [0.4, 0.5) is 5.69 Å². The van der Waals surface area contributed by atoms with Gasteiger partial charge in [-0.15, -0.1) is 0 Å². The van der Waals surface area contributed by atoms with Gasteiger partial charge in [0.1, 0.15) is 0 Å². The number of aromatic carboxylic acids is 1. The van der Waals surface area contributed by atoms with Gasteiger partial charge in [-0.3, -0.25) is 9.59 Å². The molecular weight excluding hydrogens is 272 g/mol. The topological polar surface area (TPSA) is 95.5 Å². The van der Waals surface area contributed by atoms with Crippen molar-refractivity contribution in [2.75, 3.05) is 11.9 Å². The summed E-state index contributed by atoms with van der Waals surface area (Å²) in [7, 11) is 0. The summed E-state index contributed by atoms with van der Waals surface area (Å²) in [5.74, 6) is -1.33. The van der Waals surface area contributed by atoms with Crippen molar-refractivity contribution < 1.29 is 19.5 Å². The fourth-order valence-corrected chi connectivity index (χ4v) is 1.84. The first-order valence-electron chi connectivity index (χ1n) is 6.87. The molecule has 1 rings (SSSR count). The Morgan fingerprint density at radius 1 is 1.10 bits per heavy atom. The highest BCUT2D eigenvalue weighted by Crippen LogP contribution is 2.15. The lowest BCUT2D eigenvalue weighted by atomic mass is 10.1. The molecule has 0 heterocycles. The molecule has 114 valence electrons. The van der Waals surface area contributed by atoms with Crippen LogP contribution in [-0.4, -0.2) is 29.4 Å². The van der Waals surface area contributed by atoms with Crippen molar-refractivity contribution in [3.63, 3.8) is 0 Å². The van der Waals surface area contributed by atoms with E-state index < -0.39 is 5.97 Å². The summed E-state index contributed by atoms with van der Waals surface area (Å²) >= 11 is 0. The van der Waals surface area contributed by atoms with Crippen molar-refractivity contribution in [1.82, 2.24) is 5.32 Å². The monoisotopic (exact) mass is 292 g/mol. The smallest absolute Gasteiger partial charge is 0.337 e. The lowest BCUT2D eigenvalue weighted by Gasteiger charge is -2.08. The molecule has 2 amide bonds. The summed E-state index contributed by atoms with van der Waals surface area (Å²) in [5.41, 5.74) is 0.393. The molecule has 0 aliphatic carbocycles. The SMILES string of the molecule is CC(=O)NCCCCCC(=O)Nc1ccccc1C(=O)O. The fourth-order valence-electron chi connectivity index (χ4n) is 1.84. The number of carbonyl (C=O) groups is 3. The number of carboxylic acid groups (broad SMARTS) is 1. The third-order valence-electron chi connectivity index (χ3n) is 2.89. The van der Waals surface area contributed by atoms with Crippen LogP contribution in [0.2, 0.25) is 0 Å². The number of amides is 2. The summed E-state index contributed by atoms with van der Waals surface area (Å²) < 4.78 is 0. The van der Waals surface area contributed by atoms with Gasteiger partial charge in [-0.2, -0.15) is 0 Å². The van der Waals surface area contributed by atoms with Crippen LogP contribution in [0, 0.1) is 0 Å². The van der Waals surface area contributed by atoms with Crippen molar-refractivity contribution in [2.45, 2.75) is 32.6 Å². The first-order chi connectivity index (χ1) is 10.0. The lowest BCUT2D eigenvalue weighted by Crippen LogP contribution is -2.20. The van der Waals surface area contributed by atoms with Crippen molar-refractivity contribution in [3.05, 3.63) is 29.8 Å². The average Bonchev–Trinajstić information content (AvgIpc) is 2.42. The Balaban J connectivity index is 2.31. The van der Waals surface area contributed by atoms with E-state index in [4.69, 9.17) is 5.11 Å². The third-order valence-corrected chi connectivity index (χ3v) is 2.89. The zero-order chi connectivity index (χ0) is 15.7. The van der Waals surface area contributed by atoms with E-state index in [9.17, 15) is 14.4 Å². The summed E-state index contributed by atoms with van der Waals surface area (Å²) in [4.78, 5) is 33.4. The molecule has 1 aromatic rings. The summed E-state index contributed by atoms with van der Waals surface area (Å²) in [5, 5.41) is 14.3. The Morgan fingerprint density at radius 2 is 1.81 bits per heavy atom. The van der Waals surface area contributed by atoms with Gasteiger partial charge in [0.25, 0.3) is 0 Å². The largest absolute Gasteiger partial charge is 0.478 e. The van der Waals surface area contributed by atoms with Gasteiger partial charge in [-0.1, -0.05) is 18.6 Å². The highest BCUT2D eigenvalue weighted by Gasteiger charge is 2.11. The van der Waals surface area contributed by atoms with Gasteiger partial charge < -0.3 is 15.7 Å². The molecule has 0 unspecified atom stereocenters.